The van der Waals surface area contributed by atoms with Gasteiger partial charge < -0.3 is 15.0 Å². The maximum absolute atomic E-state index is 12.8. The predicted octanol–water partition coefficient (Wildman–Crippen LogP) is 3.77. The molecule has 6 heteroatoms. The molecule has 1 amide bonds. The predicted molar refractivity (Wildman–Crippen MR) is 120 cm³/mol. The lowest BCUT2D eigenvalue weighted by Gasteiger charge is -2.20. The zero-order valence-electron chi connectivity index (χ0n) is 17.2. The maximum Gasteiger partial charge on any atom is 0.258 e. The molecule has 0 saturated carbocycles. The third kappa shape index (κ3) is 4.80. The van der Waals surface area contributed by atoms with Crippen LogP contribution in [-0.4, -0.2) is 23.0 Å². The highest BCUT2D eigenvalue weighted by molar-refractivity contribution is 5.78. The molecule has 156 valence electrons. The Hall–Kier alpha value is -3.93. The van der Waals surface area contributed by atoms with Crippen LogP contribution in [0, 0.1) is 0 Å². The van der Waals surface area contributed by atoms with Gasteiger partial charge in [0, 0.05) is 12.8 Å². The fraction of sp³-hybridized carbons (Fsp3) is 0.160. The van der Waals surface area contributed by atoms with Crippen LogP contribution in [0.3, 0.4) is 0 Å². The summed E-state index contributed by atoms with van der Waals surface area (Å²) < 4.78 is 5.24. The molecular formula is C25H23N3O3. The number of nitrogens with zero attached hydrogens (tertiary/aromatic N) is 1. The lowest BCUT2D eigenvalue weighted by Crippen LogP contribution is -2.29. The molecule has 3 aromatic carbocycles. The number of aryl methyl sites for hydroxylation is 1. The average molecular weight is 413 g/mol. The maximum atomic E-state index is 12.8. The monoisotopic (exact) mass is 413 g/mol. The minimum atomic E-state index is -0.289. The van der Waals surface area contributed by atoms with Crippen molar-refractivity contribution in [1.29, 1.82) is 0 Å². The van der Waals surface area contributed by atoms with E-state index < -0.39 is 0 Å². The van der Waals surface area contributed by atoms with E-state index in [2.05, 4.69) is 15.3 Å². The van der Waals surface area contributed by atoms with Crippen LogP contribution in [0.5, 0.6) is 5.75 Å². The van der Waals surface area contributed by atoms with Crippen molar-refractivity contribution in [3.05, 3.63) is 106 Å². The van der Waals surface area contributed by atoms with Crippen molar-refractivity contribution in [3.63, 3.8) is 0 Å². The van der Waals surface area contributed by atoms with E-state index in [4.69, 9.17) is 4.74 Å². The number of rotatable bonds is 7. The van der Waals surface area contributed by atoms with Gasteiger partial charge in [0.2, 0.25) is 5.91 Å². The van der Waals surface area contributed by atoms with Crippen molar-refractivity contribution in [3.8, 4) is 5.75 Å². The van der Waals surface area contributed by atoms with Gasteiger partial charge in [0.1, 0.15) is 11.6 Å². The molecule has 1 aromatic heterocycles. The van der Waals surface area contributed by atoms with Crippen LogP contribution < -0.4 is 15.6 Å². The molecule has 0 aliphatic heterocycles. The highest BCUT2D eigenvalue weighted by Crippen LogP contribution is 2.24. The second-order valence-corrected chi connectivity index (χ2v) is 7.21. The zero-order valence-corrected chi connectivity index (χ0v) is 17.2. The van der Waals surface area contributed by atoms with Gasteiger partial charge in [-0.05, 0) is 35.4 Å². The third-order valence-electron chi connectivity index (χ3n) is 5.14. The number of methoxy groups -OCH3 is 1. The van der Waals surface area contributed by atoms with E-state index in [9.17, 15) is 9.59 Å². The summed E-state index contributed by atoms with van der Waals surface area (Å²) in [5.41, 5.74) is 2.37. The summed E-state index contributed by atoms with van der Waals surface area (Å²) in [6.07, 6.45) is 0.552. The number of aromatic amines is 1. The molecule has 0 aliphatic rings. The summed E-state index contributed by atoms with van der Waals surface area (Å²) in [6.45, 7) is 0. The Morgan fingerprint density at radius 1 is 0.968 bits per heavy atom. The van der Waals surface area contributed by atoms with Crippen molar-refractivity contribution in [1.82, 2.24) is 15.3 Å². The zero-order chi connectivity index (χ0) is 21.6. The Kier molecular flexibility index (Phi) is 6.08. The molecule has 0 aliphatic carbocycles. The molecule has 0 radical (unpaired) electrons. The molecule has 1 heterocycles. The smallest absolute Gasteiger partial charge is 0.258 e. The Morgan fingerprint density at radius 3 is 2.39 bits per heavy atom. The minimum absolute atomic E-state index is 0.125. The first-order chi connectivity index (χ1) is 15.1. The Balaban J connectivity index is 1.50. The van der Waals surface area contributed by atoms with E-state index in [0.29, 0.717) is 23.1 Å². The van der Waals surface area contributed by atoms with E-state index >= 15 is 0 Å². The number of carbonyl (C=O) groups is 1. The van der Waals surface area contributed by atoms with Gasteiger partial charge >= 0.3 is 0 Å². The van der Waals surface area contributed by atoms with Gasteiger partial charge in [-0.3, -0.25) is 9.59 Å². The van der Waals surface area contributed by atoms with Gasteiger partial charge in [0.15, 0.2) is 0 Å². The molecule has 31 heavy (non-hydrogen) atoms. The van der Waals surface area contributed by atoms with Crippen molar-refractivity contribution in [2.24, 2.45) is 0 Å². The fourth-order valence-electron chi connectivity index (χ4n) is 3.52. The molecule has 4 rings (SSSR count). The summed E-state index contributed by atoms with van der Waals surface area (Å²) >= 11 is 0. The van der Waals surface area contributed by atoms with Crippen LogP contribution in [0.15, 0.2) is 83.7 Å². The van der Waals surface area contributed by atoms with Crippen LogP contribution in [0.4, 0.5) is 0 Å². The van der Waals surface area contributed by atoms with Gasteiger partial charge in [-0.15, -0.1) is 0 Å². The van der Waals surface area contributed by atoms with Gasteiger partial charge in [-0.1, -0.05) is 54.6 Å². The van der Waals surface area contributed by atoms with Crippen LogP contribution in [-0.2, 0) is 11.2 Å². The highest BCUT2D eigenvalue weighted by Gasteiger charge is 2.17. The SMILES string of the molecule is COc1ccc([C@@H](NC(=O)CCc2nc3ccccc3c(=O)[nH]2)c2ccccc2)cc1. The van der Waals surface area contributed by atoms with Crippen LogP contribution in [0.1, 0.15) is 29.4 Å². The standard InChI is InChI=1S/C25H23N3O3/c1-31-19-13-11-18(12-14-19)24(17-7-3-2-4-8-17)28-23(29)16-15-22-26-21-10-6-5-9-20(21)25(30)27-22/h2-14,24H,15-16H2,1H3,(H,28,29)(H,26,27,30)/t24-/m0/s1. The largest absolute Gasteiger partial charge is 0.497 e. The first kappa shape index (κ1) is 20.3. The molecule has 6 nitrogen and oxygen atoms in total. The number of ether oxygens (including phenoxy) is 1. The van der Waals surface area contributed by atoms with E-state index in [0.717, 1.165) is 16.9 Å². The fourth-order valence-corrected chi connectivity index (χ4v) is 3.52. The number of carbonyl (C=O) groups excluding carboxylic acids is 1. The van der Waals surface area contributed by atoms with Crippen LogP contribution in [0.2, 0.25) is 0 Å². The number of aromatic nitrogens is 2. The number of hydrogen-bond acceptors (Lipinski definition) is 4. The summed E-state index contributed by atoms with van der Waals surface area (Å²) in [5, 5.41) is 3.65. The topological polar surface area (TPSA) is 84.1 Å². The first-order valence-corrected chi connectivity index (χ1v) is 10.1. The molecule has 0 spiro atoms. The second-order valence-electron chi connectivity index (χ2n) is 7.21. The minimum Gasteiger partial charge on any atom is -0.497 e. The van der Waals surface area contributed by atoms with Crippen molar-refractivity contribution < 1.29 is 9.53 Å². The van der Waals surface area contributed by atoms with Crippen molar-refractivity contribution >= 4 is 16.8 Å². The molecule has 2 N–H and O–H groups in total. The van der Waals surface area contributed by atoms with E-state index in [1.807, 2.05) is 60.7 Å². The van der Waals surface area contributed by atoms with Gasteiger partial charge in [0.25, 0.3) is 5.56 Å². The van der Waals surface area contributed by atoms with E-state index in [1.54, 1.807) is 25.3 Å². The molecule has 0 bridgehead atoms. The van der Waals surface area contributed by atoms with Crippen molar-refractivity contribution in [2.45, 2.75) is 18.9 Å². The lowest BCUT2D eigenvalue weighted by molar-refractivity contribution is -0.121. The number of nitrogens with one attached hydrogen (secondary N) is 2. The van der Waals surface area contributed by atoms with Crippen LogP contribution in [0.25, 0.3) is 10.9 Å². The Bertz CT molecular complexity index is 1230. The molecule has 0 saturated heterocycles. The van der Waals surface area contributed by atoms with Crippen LogP contribution >= 0.6 is 0 Å². The Morgan fingerprint density at radius 2 is 1.65 bits per heavy atom. The summed E-state index contributed by atoms with van der Waals surface area (Å²) in [5.74, 6) is 1.13. The molecule has 1 atom stereocenters. The number of hydrogen-bond donors (Lipinski definition) is 2. The normalized spacial score (nSPS) is 11.8. The van der Waals surface area contributed by atoms with E-state index in [-0.39, 0.29) is 23.9 Å². The number of H-pyrrole nitrogens is 1. The molecule has 0 fully saturated rings. The van der Waals surface area contributed by atoms with Gasteiger partial charge in [-0.2, -0.15) is 0 Å². The summed E-state index contributed by atoms with van der Waals surface area (Å²) in [6, 6.07) is 24.3. The average Bonchev–Trinajstić information content (AvgIpc) is 2.82. The second kappa shape index (κ2) is 9.26. The van der Waals surface area contributed by atoms with Gasteiger partial charge in [0.05, 0.1) is 24.1 Å². The molecular weight excluding hydrogens is 390 g/mol. The van der Waals surface area contributed by atoms with Crippen molar-refractivity contribution in [2.75, 3.05) is 7.11 Å². The number of para-hydroxylation sites is 1. The van der Waals surface area contributed by atoms with Gasteiger partial charge in [-0.25, -0.2) is 4.98 Å². The number of amides is 1. The lowest BCUT2D eigenvalue weighted by atomic mass is 9.98. The summed E-state index contributed by atoms with van der Waals surface area (Å²) in [7, 11) is 1.62. The summed E-state index contributed by atoms with van der Waals surface area (Å²) in [4.78, 5) is 32.3. The number of benzene rings is 3. The highest BCUT2D eigenvalue weighted by atomic mass is 16.5. The molecule has 4 aromatic rings. The molecule has 0 unspecified atom stereocenters. The third-order valence-corrected chi connectivity index (χ3v) is 5.14. The Labute approximate surface area is 179 Å². The first-order valence-electron chi connectivity index (χ1n) is 10.1. The van der Waals surface area contributed by atoms with E-state index in [1.165, 1.54) is 0 Å². The number of fused-ring (bicyclic) bond motifs is 1. The quantitative estimate of drug-likeness (QED) is 0.483.